The van der Waals surface area contributed by atoms with Gasteiger partial charge in [0.1, 0.15) is 6.10 Å². The Morgan fingerprint density at radius 1 is 1.36 bits per heavy atom. The summed E-state index contributed by atoms with van der Waals surface area (Å²) >= 11 is 0. The molecule has 0 bridgehead atoms. The minimum atomic E-state index is -1.04. The van der Waals surface area contributed by atoms with Crippen molar-refractivity contribution in [2.24, 2.45) is 0 Å². The Labute approximate surface area is 82.3 Å². The fraction of sp³-hybridized carbons (Fsp3) is 0.400. The van der Waals surface area contributed by atoms with Crippen LogP contribution in [0.15, 0.2) is 24.3 Å². The van der Waals surface area contributed by atoms with E-state index in [1.54, 1.807) is 12.1 Å². The van der Waals surface area contributed by atoms with E-state index in [0.717, 1.165) is 5.56 Å². The predicted octanol–water partition coefficient (Wildman–Crippen LogP) is 1.69. The number of aryl methyl sites for hydroxylation is 1. The maximum Gasteiger partial charge on any atom is 0.239 e. The molecule has 4 heteroatoms. The molecule has 14 heavy (non-hydrogen) atoms. The maximum absolute atomic E-state index is 10.4. The van der Waals surface area contributed by atoms with Gasteiger partial charge in [-0.2, -0.15) is 0 Å². The summed E-state index contributed by atoms with van der Waals surface area (Å²) in [5, 5.41) is 20.0. The van der Waals surface area contributed by atoms with Gasteiger partial charge in [-0.05, 0) is 12.5 Å². The van der Waals surface area contributed by atoms with Gasteiger partial charge in [-0.25, -0.2) is 0 Å². The minimum Gasteiger partial charge on any atom is -0.381 e. The van der Waals surface area contributed by atoms with Crippen LogP contribution in [0.1, 0.15) is 24.2 Å². The molecule has 0 saturated carbocycles. The van der Waals surface area contributed by atoms with Crippen molar-refractivity contribution in [2.45, 2.75) is 26.0 Å². The second-order valence-corrected chi connectivity index (χ2v) is 3.38. The lowest BCUT2D eigenvalue weighted by atomic mass is 10.0. The van der Waals surface area contributed by atoms with Gasteiger partial charge in [-0.15, -0.1) is 0 Å². The highest BCUT2D eigenvalue weighted by Gasteiger charge is 2.25. The minimum absolute atomic E-state index is 0.482. The van der Waals surface area contributed by atoms with Gasteiger partial charge in [0.2, 0.25) is 6.04 Å². The number of rotatable bonds is 3. The highest BCUT2D eigenvalue weighted by Crippen LogP contribution is 2.18. The molecule has 76 valence electrons. The monoisotopic (exact) mass is 195 g/mol. The fourth-order valence-electron chi connectivity index (χ4n) is 1.16. The lowest BCUT2D eigenvalue weighted by molar-refractivity contribution is -0.531. The van der Waals surface area contributed by atoms with Crippen LogP contribution in [-0.2, 0) is 0 Å². The maximum atomic E-state index is 10.4. The first kappa shape index (κ1) is 10.7. The molecule has 4 nitrogen and oxygen atoms in total. The van der Waals surface area contributed by atoms with E-state index in [-0.39, 0.29) is 0 Å². The molecule has 0 radical (unpaired) electrons. The highest BCUT2D eigenvalue weighted by atomic mass is 16.6. The summed E-state index contributed by atoms with van der Waals surface area (Å²) in [5.74, 6) is 0. The van der Waals surface area contributed by atoms with Crippen molar-refractivity contribution in [3.05, 3.63) is 45.5 Å². The smallest absolute Gasteiger partial charge is 0.239 e. The molecule has 0 aliphatic heterocycles. The number of hydrogen-bond acceptors (Lipinski definition) is 3. The van der Waals surface area contributed by atoms with Gasteiger partial charge in [-0.1, -0.05) is 29.8 Å². The van der Waals surface area contributed by atoms with Crippen LogP contribution in [0.25, 0.3) is 0 Å². The largest absolute Gasteiger partial charge is 0.381 e. The zero-order chi connectivity index (χ0) is 10.7. The van der Waals surface area contributed by atoms with Gasteiger partial charge in [0.15, 0.2) is 0 Å². The zero-order valence-corrected chi connectivity index (χ0v) is 8.18. The lowest BCUT2D eigenvalue weighted by Gasteiger charge is -2.12. The summed E-state index contributed by atoms with van der Waals surface area (Å²) in [7, 11) is 0. The molecule has 0 heterocycles. The molecular weight excluding hydrogens is 182 g/mol. The van der Waals surface area contributed by atoms with Crippen LogP contribution in [0.5, 0.6) is 0 Å². The van der Waals surface area contributed by atoms with Crippen molar-refractivity contribution in [1.29, 1.82) is 0 Å². The van der Waals surface area contributed by atoms with Crippen molar-refractivity contribution in [3.63, 3.8) is 0 Å². The molecule has 2 atom stereocenters. The topological polar surface area (TPSA) is 63.4 Å². The molecule has 1 N–H and O–H groups in total. The molecule has 0 aliphatic rings. The van der Waals surface area contributed by atoms with E-state index in [0.29, 0.717) is 5.56 Å². The Bertz CT molecular complexity index is 321. The van der Waals surface area contributed by atoms with E-state index in [4.69, 9.17) is 0 Å². The quantitative estimate of drug-likeness (QED) is 0.589. The van der Waals surface area contributed by atoms with Crippen molar-refractivity contribution in [3.8, 4) is 0 Å². The van der Waals surface area contributed by atoms with Gasteiger partial charge >= 0.3 is 0 Å². The molecule has 0 amide bonds. The summed E-state index contributed by atoms with van der Waals surface area (Å²) < 4.78 is 0. The second kappa shape index (κ2) is 4.19. The normalized spacial score (nSPS) is 14.8. The first-order valence-corrected chi connectivity index (χ1v) is 4.40. The first-order chi connectivity index (χ1) is 6.52. The lowest BCUT2D eigenvalue weighted by Crippen LogP contribution is -2.23. The third kappa shape index (κ3) is 2.29. The Morgan fingerprint density at radius 3 is 2.29 bits per heavy atom. The molecule has 0 aliphatic carbocycles. The molecule has 1 aromatic rings. The number of benzene rings is 1. The molecule has 0 unspecified atom stereocenters. The van der Waals surface area contributed by atoms with E-state index < -0.39 is 17.1 Å². The summed E-state index contributed by atoms with van der Waals surface area (Å²) in [4.78, 5) is 9.94. The zero-order valence-electron chi connectivity index (χ0n) is 8.18. The van der Waals surface area contributed by atoms with Crippen molar-refractivity contribution >= 4 is 0 Å². The number of aliphatic hydroxyl groups excluding tert-OH is 1. The molecule has 1 rings (SSSR count). The standard InChI is InChI=1S/C10H13NO3/c1-7-3-5-9(6-4-7)10(12)8(2)11(13)14/h3-6,8,10,12H,1-2H3/t8-,10-/m0/s1. The Morgan fingerprint density at radius 2 is 1.86 bits per heavy atom. The molecule has 1 aromatic carbocycles. The van der Waals surface area contributed by atoms with Crippen LogP contribution >= 0.6 is 0 Å². The number of nitrogens with zero attached hydrogens (tertiary/aromatic N) is 1. The van der Waals surface area contributed by atoms with Crippen LogP contribution in [0, 0.1) is 17.0 Å². The highest BCUT2D eigenvalue weighted by molar-refractivity contribution is 5.23. The SMILES string of the molecule is Cc1ccc([C@@H](O)[C@H](C)[N+](=O)[O-])cc1. The Kier molecular flexibility index (Phi) is 3.19. The van der Waals surface area contributed by atoms with Gasteiger partial charge < -0.3 is 5.11 Å². The molecule has 0 spiro atoms. The molecule has 0 saturated heterocycles. The van der Waals surface area contributed by atoms with Crippen molar-refractivity contribution in [2.75, 3.05) is 0 Å². The third-order valence-electron chi connectivity index (χ3n) is 2.21. The van der Waals surface area contributed by atoms with Gasteiger partial charge in [0.05, 0.1) is 0 Å². The summed E-state index contributed by atoms with van der Waals surface area (Å²) in [5.41, 5.74) is 1.65. The van der Waals surface area contributed by atoms with Gasteiger partial charge in [0.25, 0.3) is 0 Å². The van der Waals surface area contributed by atoms with Crippen LogP contribution < -0.4 is 0 Å². The van der Waals surface area contributed by atoms with E-state index in [1.165, 1.54) is 6.92 Å². The fourth-order valence-corrected chi connectivity index (χ4v) is 1.16. The van der Waals surface area contributed by atoms with Crippen LogP contribution in [-0.4, -0.2) is 16.1 Å². The Balaban J connectivity index is 2.84. The average molecular weight is 195 g/mol. The first-order valence-electron chi connectivity index (χ1n) is 4.40. The van der Waals surface area contributed by atoms with Crippen molar-refractivity contribution < 1.29 is 10.0 Å². The number of hydrogen-bond donors (Lipinski definition) is 1. The van der Waals surface area contributed by atoms with Crippen LogP contribution in [0.4, 0.5) is 0 Å². The molecule has 0 fully saturated rings. The van der Waals surface area contributed by atoms with E-state index in [9.17, 15) is 15.2 Å². The summed E-state index contributed by atoms with van der Waals surface area (Å²) in [6, 6.07) is 6.09. The number of aliphatic hydroxyl groups is 1. The van der Waals surface area contributed by atoms with Crippen LogP contribution in [0.3, 0.4) is 0 Å². The van der Waals surface area contributed by atoms with E-state index >= 15 is 0 Å². The van der Waals surface area contributed by atoms with Gasteiger partial charge in [0, 0.05) is 11.8 Å². The second-order valence-electron chi connectivity index (χ2n) is 3.38. The van der Waals surface area contributed by atoms with Crippen molar-refractivity contribution in [1.82, 2.24) is 0 Å². The average Bonchev–Trinajstić information content (AvgIpc) is 2.16. The summed E-state index contributed by atoms with van der Waals surface area (Å²) in [6.45, 7) is 3.32. The van der Waals surface area contributed by atoms with Crippen LogP contribution in [0.2, 0.25) is 0 Å². The Hall–Kier alpha value is -1.42. The van der Waals surface area contributed by atoms with Gasteiger partial charge in [-0.3, -0.25) is 10.1 Å². The predicted molar refractivity (Wildman–Crippen MR) is 52.6 cm³/mol. The van der Waals surface area contributed by atoms with E-state index in [2.05, 4.69) is 0 Å². The molecule has 0 aromatic heterocycles. The molecular formula is C10H13NO3. The van der Waals surface area contributed by atoms with E-state index in [1.807, 2.05) is 19.1 Å². The number of nitro groups is 1. The summed E-state index contributed by atoms with van der Waals surface area (Å²) in [6.07, 6.45) is -1.04. The third-order valence-corrected chi connectivity index (χ3v) is 2.21.